The van der Waals surface area contributed by atoms with Crippen LogP contribution in [-0.4, -0.2) is 53.1 Å². The molecule has 4 rings (SSSR count). The third kappa shape index (κ3) is 5.49. The number of primary amides is 1. The van der Waals surface area contributed by atoms with E-state index in [2.05, 4.69) is 32.4 Å². The van der Waals surface area contributed by atoms with Crippen molar-refractivity contribution in [2.45, 2.75) is 57.2 Å². The Labute approximate surface area is 202 Å². The van der Waals surface area contributed by atoms with Crippen molar-refractivity contribution in [2.75, 3.05) is 23.3 Å². The average Bonchev–Trinajstić information content (AvgIpc) is 3.20. The molecule has 1 unspecified atom stereocenters. The van der Waals surface area contributed by atoms with Crippen LogP contribution >= 0.6 is 11.6 Å². The minimum atomic E-state index is -0.668. The predicted octanol–water partition coefficient (Wildman–Crippen LogP) is 2.88. The lowest BCUT2D eigenvalue weighted by molar-refractivity contribution is -0.119. The van der Waals surface area contributed by atoms with Gasteiger partial charge in [0.2, 0.25) is 11.9 Å². The van der Waals surface area contributed by atoms with Crippen molar-refractivity contribution in [3.05, 3.63) is 40.8 Å². The number of halogens is 2. The van der Waals surface area contributed by atoms with E-state index >= 15 is 0 Å². The molecule has 2 aliphatic heterocycles. The molecule has 182 valence electrons. The molecule has 2 amide bonds. The van der Waals surface area contributed by atoms with E-state index in [0.717, 1.165) is 12.8 Å². The fourth-order valence-corrected chi connectivity index (χ4v) is 4.63. The Bertz CT molecular complexity index is 1070. The molecule has 0 spiro atoms. The van der Waals surface area contributed by atoms with E-state index in [-0.39, 0.29) is 28.8 Å². The van der Waals surface area contributed by atoms with Gasteiger partial charge in [0.25, 0.3) is 5.91 Å². The number of piperidine rings is 1. The number of hydrogen-bond donors (Lipinski definition) is 3. The van der Waals surface area contributed by atoms with Crippen molar-refractivity contribution in [3.63, 3.8) is 0 Å². The standard InChI is InChI=1S/C23H28ClFN6O3/c1-2-3-14-11-15(34-19-5-4-13(25)10-16(19)24)7-9-31(14)23-29-18(21(26)32)12-20(30-23)28-17-6-8-27-22(17)33/h4-5,10,12,14-15,17H,2-3,6-9,11H2,1H3,(H2,26,32)(H,27,33)(H,28,29,30)/t14-,15?,17-/m0/s1. The zero-order valence-electron chi connectivity index (χ0n) is 18.9. The van der Waals surface area contributed by atoms with Crippen molar-refractivity contribution < 1.29 is 18.7 Å². The summed E-state index contributed by atoms with van der Waals surface area (Å²) in [6.07, 6.45) is 3.63. The lowest BCUT2D eigenvalue weighted by Gasteiger charge is -2.39. The quantitative estimate of drug-likeness (QED) is 0.520. The van der Waals surface area contributed by atoms with Crippen LogP contribution in [0.3, 0.4) is 0 Å². The van der Waals surface area contributed by atoms with Gasteiger partial charge in [-0.2, -0.15) is 4.98 Å². The van der Waals surface area contributed by atoms with E-state index in [1.807, 2.05) is 0 Å². The van der Waals surface area contributed by atoms with Crippen LogP contribution in [0.2, 0.25) is 5.02 Å². The molecule has 9 nitrogen and oxygen atoms in total. The third-order valence-corrected chi connectivity index (χ3v) is 6.37. The third-order valence-electron chi connectivity index (χ3n) is 6.07. The number of carbonyl (C=O) groups excluding carboxylic acids is 2. The number of aromatic nitrogens is 2. The van der Waals surface area contributed by atoms with E-state index in [1.54, 1.807) is 0 Å². The highest BCUT2D eigenvalue weighted by atomic mass is 35.5. The summed E-state index contributed by atoms with van der Waals surface area (Å²) in [5.74, 6) is 0.0226. The minimum Gasteiger partial charge on any atom is -0.489 e. The number of nitrogens with one attached hydrogen (secondary N) is 2. The highest BCUT2D eigenvalue weighted by molar-refractivity contribution is 6.32. The maximum Gasteiger partial charge on any atom is 0.267 e. The lowest BCUT2D eigenvalue weighted by atomic mass is 9.96. The molecule has 2 aromatic rings. The van der Waals surface area contributed by atoms with Crippen LogP contribution in [0.4, 0.5) is 16.2 Å². The molecule has 2 fully saturated rings. The van der Waals surface area contributed by atoms with Crippen LogP contribution in [0.15, 0.2) is 24.3 Å². The first kappa shape index (κ1) is 24.0. The molecular formula is C23H28ClFN6O3. The summed E-state index contributed by atoms with van der Waals surface area (Å²) >= 11 is 6.14. The smallest absolute Gasteiger partial charge is 0.267 e. The zero-order valence-corrected chi connectivity index (χ0v) is 19.6. The number of ether oxygens (including phenoxy) is 1. The first-order valence-corrected chi connectivity index (χ1v) is 11.8. The average molecular weight is 491 g/mol. The molecule has 11 heteroatoms. The molecule has 2 saturated heterocycles. The Morgan fingerprint density at radius 1 is 1.35 bits per heavy atom. The maximum absolute atomic E-state index is 13.4. The summed E-state index contributed by atoms with van der Waals surface area (Å²) in [5.41, 5.74) is 5.61. The fraction of sp³-hybridized carbons (Fsp3) is 0.478. The monoisotopic (exact) mass is 490 g/mol. The van der Waals surface area contributed by atoms with Crippen LogP contribution in [0.1, 0.15) is 49.5 Å². The Hall–Kier alpha value is -3.14. The summed E-state index contributed by atoms with van der Waals surface area (Å²) in [4.78, 5) is 35.0. The SMILES string of the molecule is CCC[C@H]1CC(Oc2ccc(F)cc2Cl)CCN1c1nc(N[C@H]2CCNC2=O)cc(C(N)=O)n1. The van der Waals surface area contributed by atoms with Gasteiger partial charge in [0.15, 0.2) is 0 Å². The number of benzene rings is 1. The van der Waals surface area contributed by atoms with Crippen LogP contribution in [0.5, 0.6) is 5.75 Å². The van der Waals surface area contributed by atoms with Gasteiger partial charge < -0.3 is 26.0 Å². The van der Waals surface area contributed by atoms with Gasteiger partial charge in [-0.3, -0.25) is 9.59 Å². The summed E-state index contributed by atoms with van der Waals surface area (Å²) in [6, 6.07) is 5.19. The molecular weight excluding hydrogens is 463 g/mol. The number of amides is 2. The predicted molar refractivity (Wildman–Crippen MR) is 127 cm³/mol. The molecule has 1 aromatic carbocycles. The molecule has 1 aromatic heterocycles. The highest BCUT2D eigenvalue weighted by Crippen LogP contribution is 2.32. The van der Waals surface area contributed by atoms with E-state index in [9.17, 15) is 14.0 Å². The molecule has 3 heterocycles. The summed E-state index contributed by atoms with van der Waals surface area (Å²) in [5, 5.41) is 6.10. The van der Waals surface area contributed by atoms with E-state index in [0.29, 0.717) is 49.9 Å². The first-order chi connectivity index (χ1) is 16.3. The molecule has 0 radical (unpaired) electrons. The Morgan fingerprint density at radius 3 is 2.85 bits per heavy atom. The van der Waals surface area contributed by atoms with Gasteiger partial charge in [-0.05, 0) is 31.0 Å². The van der Waals surface area contributed by atoms with Gasteiger partial charge in [0, 0.05) is 38.0 Å². The Balaban J connectivity index is 1.54. The van der Waals surface area contributed by atoms with Gasteiger partial charge >= 0.3 is 0 Å². The van der Waals surface area contributed by atoms with Crippen molar-refractivity contribution in [3.8, 4) is 5.75 Å². The number of anilines is 2. The molecule has 3 atom stereocenters. The van der Waals surface area contributed by atoms with Crippen molar-refractivity contribution in [2.24, 2.45) is 5.73 Å². The number of hydrogen-bond acceptors (Lipinski definition) is 7. The molecule has 4 N–H and O–H groups in total. The van der Waals surface area contributed by atoms with E-state index < -0.39 is 17.8 Å². The maximum atomic E-state index is 13.4. The minimum absolute atomic E-state index is 0.0497. The Morgan fingerprint density at radius 2 is 2.18 bits per heavy atom. The molecule has 2 aliphatic rings. The lowest BCUT2D eigenvalue weighted by Crippen LogP contribution is -2.47. The number of nitrogens with two attached hydrogens (primary N) is 1. The van der Waals surface area contributed by atoms with Crippen LogP contribution in [0, 0.1) is 5.82 Å². The van der Waals surface area contributed by atoms with Gasteiger partial charge in [0.05, 0.1) is 5.02 Å². The van der Waals surface area contributed by atoms with E-state index in [1.165, 1.54) is 24.3 Å². The topological polar surface area (TPSA) is 122 Å². The van der Waals surface area contributed by atoms with Gasteiger partial charge in [-0.1, -0.05) is 24.9 Å². The number of rotatable bonds is 8. The van der Waals surface area contributed by atoms with Crippen molar-refractivity contribution in [1.29, 1.82) is 0 Å². The second-order valence-electron chi connectivity index (χ2n) is 8.55. The second-order valence-corrected chi connectivity index (χ2v) is 8.96. The van der Waals surface area contributed by atoms with Gasteiger partial charge in [-0.25, -0.2) is 9.37 Å². The first-order valence-electron chi connectivity index (χ1n) is 11.5. The molecule has 0 bridgehead atoms. The summed E-state index contributed by atoms with van der Waals surface area (Å²) in [6.45, 7) is 3.26. The molecule has 0 aliphatic carbocycles. The van der Waals surface area contributed by atoms with Crippen LogP contribution in [0.25, 0.3) is 0 Å². The molecule has 0 saturated carbocycles. The number of carbonyl (C=O) groups is 2. The van der Waals surface area contributed by atoms with Crippen molar-refractivity contribution >= 4 is 35.2 Å². The summed E-state index contributed by atoms with van der Waals surface area (Å²) in [7, 11) is 0. The van der Waals surface area contributed by atoms with Gasteiger partial charge in [0.1, 0.15) is 35.2 Å². The second kappa shape index (κ2) is 10.4. The Kier molecular flexibility index (Phi) is 7.35. The largest absolute Gasteiger partial charge is 0.489 e. The van der Waals surface area contributed by atoms with Crippen LogP contribution < -0.4 is 26.0 Å². The summed E-state index contributed by atoms with van der Waals surface area (Å²) < 4.78 is 19.5. The fourth-order valence-electron chi connectivity index (χ4n) is 4.42. The van der Waals surface area contributed by atoms with Gasteiger partial charge in [-0.15, -0.1) is 0 Å². The van der Waals surface area contributed by atoms with Crippen molar-refractivity contribution in [1.82, 2.24) is 15.3 Å². The zero-order chi connectivity index (χ0) is 24.2. The van der Waals surface area contributed by atoms with E-state index in [4.69, 9.17) is 22.1 Å². The normalized spacial score (nSPS) is 22.4. The number of nitrogens with zero attached hydrogens (tertiary/aromatic N) is 3. The van der Waals surface area contributed by atoms with Crippen LogP contribution in [-0.2, 0) is 4.79 Å². The molecule has 34 heavy (non-hydrogen) atoms. The highest BCUT2D eigenvalue weighted by Gasteiger charge is 2.32.